The molecule has 19 heavy (non-hydrogen) atoms. The highest BCUT2D eigenvalue weighted by Gasteiger charge is 2.27. The number of aliphatic hydroxyl groups excluding tert-OH is 1. The molecule has 1 aromatic rings. The minimum atomic E-state index is -0.285. The summed E-state index contributed by atoms with van der Waals surface area (Å²) < 4.78 is 0. The van der Waals surface area contributed by atoms with Crippen molar-refractivity contribution in [2.75, 3.05) is 24.6 Å². The topological polar surface area (TPSA) is 35.5 Å². The number of benzene rings is 1. The summed E-state index contributed by atoms with van der Waals surface area (Å²) in [6.45, 7) is 12.4. The first kappa shape index (κ1) is 16.0. The van der Waals surface area contributed by atoms with Crippen molar-refractivity contribution >= 4 is 5.69 Å². The van der Waals surface area contributed by atoms with Crippen LogP contribution in [-0.4, -0.2) is 36.4 Å². The van der Waals surface area contributed by atoms with E-state index in [9.17, 15) is 5.11 Å². The maximum atomic E-state index is 9.71. The number of likely N-dealkylation sites (N-methyl/N-ethyl adjacent to an activating group) is 1. The lowest BCUT2D eigenvalue weighted by atomic mass is 10.0. The summed E-state index contributed by atoms with van der Waals surface area (Å²) in [6, 6.07) is 8.75. The Balaban J connectivity index is 2.89. The Morgan fingerprint density at radius 2 is 1.95 bits per heavy atom. The van der Waals surface area contributed by atoms with Gasteiger partial charge < -0.3 is 15.3 Å². The molecule has 108 valence electrons. The van der Waals surface area contributed by atoms with Gasteiger partial charge in [-0.25, -0.2) is 0 Å². The molecular formula is C16H28N2O. The second-order valence-corrected chi connectivity index (χ2v) is 5.82. The van der Waals surface area contributed by atoms with Crippen molar-refractivity contribution < 1.29 is 5.11 Å². The minimum Gasteiger partial charge on any atom is -0.394 e. The number of hydrogen-bond donors (Lipinski definition) is 2. The van der Waals surface area contributed by atoms with Crippen LogP contribution in [0.15, 0.2) is 24.3 Å². The van der Waals surface area contributed by atoms with Crippen LogP contribution in [0, 0.1) is 6.92 Å². The number of aryl methyl sites for hydroxylation is 1. The smallest absolute Gasteiger partial charge is 0.0628 e. The van der Waals surface area contributed by atoms with Gasteiger partial charge in [-0.1, -0.05) is 32.0 Å². The van der Waals surface area contributed by atoms with Gasteiger partial charge in [0.1, 0.15) is 0 Å². The van der Waals surface area contributed by atoms with Crippen LogP contribution >= 0.6 is 0 Å². The van der Waals surface area contributed by atoms with Crippen molar-refractivity contribution in [2.24, 2.45) is 0 Å². The van der Waals surface area contributed by atoms with Gasteiger partial charge in [-0.15, -0.1) is 0 Å². The molecule has 0 aliphatic heterocycles. The highest BCUT2D eigenvalue weighted by atomic mass is 16.3. The van der Waals surface area contributed by atoms with E-state index in [4.69, 9.17) is 0 Å². The van der Waals surface area contributed by atoms with Crippen molar-refractivity contribution in [3.05, 3.63) is 29.8 Å². The van der Waals surface area contributed by atoms with Crippen LogP contribution in [0.5, 0.6) is 0 Å². The molecule has 0 amide bonds. The Kier molecular flexibility index (Phi) is 5.83. The summed E-state index contributed by atoms with van der Waals surface area (Å²) in [5, 5.41) is 13.2. The number of para-hydroxylation sites is 1. The summed E-state index contributed by atoms with van der Waals surface area (Å²) >= 11 is 0. The zero-order valence-electron chi connectivity index (χ0n) is 12.9. The van der Waals surface area contributed by atoms with Gasteiger partial charge in [-0.3, -0.25) is 0 Å². The normalized spacial score (nSPS) is 14.5. The van der Waals surface area contributed by atoms with Gasteiger partial charge >= 0.3 is 0 Å². The van der Waals surface area contributed by atoms with Gasteiger partial charge in [0.25, 0.3) is 0 Å². The maximum absolute atomic E-state index is 9.71. The molecule has 3 heteroatoms. The monoisotopic (exact) mass is 264 g/mol. The van der Waals surface area contributed by atoms with E-state index in [0.29, 0.717) is 6.04 Å². The summed E-state index contributed by atoms with van der Waals surface area (Å²) in [5.74, 6) is 0. The van der Waals surface area contributed by atoms with Crippen LogP contribution in [-0.2, 0) is 0 Å². The first-order valence-electron chi connectivity index (χ1n) is 7.11. The maximum Gasteiger partial charge on any atom is 0.0628 e. The van der Waals surface area contributed by atoms with E-state index in [0.717, 1.165) is 13.1 Å². The van der Waals surface area contributed by atoms with Crippen LogP contribution in [0.3, 0.4) is 0 Å². The van der Waals surface area contributed by atoms with Crippen LogP contribution in [0.25, 0.3) is 0 Å². The number of anilines is 1. The standard InChI is InChI=1S/C16H28N2O/c1-6-18(15-10-8-7-9-14(15)4)11-16(5,12-19)17-13(2)3/h7-10,13,17,19H,6,11-12H2,1-5H3. The Morgan fingerprint density at radius 1 is 1.32 bits per heavy atom. The lowest BCUT2D eigenvalue weighted by molar-refractivity contribution is 0.169. The van der Waals surface area contributed by atoms with Gasteiger partial charge in [0.05, 0.1) is 12.1 Å². The second-order valence-electron chi connectivity index (χ2n) is 5.82. The van der Waals surface area contributed by atoms with E-state index < -0.39 is 0 Å². The van der Waals surface area contributed by atoms with Gasteiger partial charge in [-0.2, -0.15) is 0 Å². The molecule has 0 bridgehead atoms. The van der Waals surface area contributed by atoms with Gasteiger partial charge in [0.2, 0.25) is 0 Å². The molecule has 0 saturated carbocycles. The lowest BCUT2D eigenvalue weighted by Gasteiger charge is -2.37. The van der Waals surface area contributed by atoms with E-state index in [-0.39, 0.29) is 12.1 Å². The lowest BCUT2D eigenvalue weighted by Crippen LogP contribution is -2.56. The Hall–Kier alpha value is -1.06. The average molecular weight is 264 g/mol. The third kappa shape index (κ3) is 4.51. The van der Waals surface area contributed by atoms with E-state index >= 15 is 0 Å². The number of nitrogens with one attached hydrogen (secondary N) is 1. The zero-order chi connectivity index (χ0) is 14.5. The number of aliphatic hydroxyl groups is 1. The van der Waals surface area contributed by atoms with E-state index in [1.54, 1.807) is 0 Å². The molecule has 0 heterocycles. The quantitative estimate of drug-likeness (QED) is 0.794. The summed E-state index contributed by atoms with van der Waals surface area (Å²) in [6.07, 6.45) is 0. The van der Waals surface area contributed by atoms with Crippen molar-refractivity contribution in [1.82, 2.24) is 5.32 Å². The fourth-order valence-electron chi connectivity index (χ4n) is 2.55. The molecule has 0 saturated heterocycles. The molecule has 0 aliphatic carbocycles. The van der Waals surface area contributed by atoms with E-state index in [1.165, 1.54) is 11.3 Å². The highest BCUT2D eigenvalue weighted by Crippen LogP contribution is 2.21. The number of hydrogen-bond acceptors (Lipinski definition) is 3. The molecular weight excluding hydrogens is 236 g/mol. The molecule has 2 N–H and O–H groups in total. The summed E-state index contributed by atoms with van der Waals surface area (Å²) in [7, 11) is 0. The molecule has 1 unspecified atom stereocenters. The molecule has 3 nitrogen and oxygen atoms in total. The average Bonchev–Trinajstić information content (AvgIpc) is 2.36. The fourth-order valence-corrected chi connectivity index (χ4v) is 2.55. The van der Waals surface area contributed by atoms with Gasteiger partial charge in [0, 0.05) is 24.8 Å². The van der Waals surface area contributed by atoms with Crippen LogP contribution in [0.4, 0.5) is 5.69 Å². The second kappa shape index (κ2) is 6.92. The predicted octanol–water partition coefficient (Wildman–Crippen LogP) is 2.57. The third-order valence-corrected chi connectivity index (χ3v) is 3.36. The Morgan fingerprint density at radius 3 is 2.42 bits per heavy atom. The molecule has 1 atom stereocenters. The number of rotatable bonds is 7. The van der Waals surface area contributed by atoms with Crippen molar-refractivity contribution in [3.8, 4) is 0 Å². The summed E-state index contributed by atoms with van der Waals surface area (Å²) in [5.41, 5.74) is 2.23. The molecule has 0 fully saturated rings. The van der Waals surface area contributed by atoms with E-state index in [2.05, 4.69) is 69.1 Å². The molecule has 0 radical (unpaired) electrons. The van der Waals surface area contributed by atoms with Crippen LogP contribution in [0.1, 0.15) is 33.3 Å². The van der Waals surface area contributed by atoms with Crippen molar-refractivity contribution in [1.29, 1.82) is 0 Å². The van der Waals surface area contributed by atoms with Crippen molar-refractivity contribution in [3.63, 3.8) is 0 Å². The Labute approximate surface area is 117 Å². The number of nitrogens with zero attached hydrogens (tertiary/aromatic N) is 1. The Bertz CT molecular complexity index is 392. The first-order chi connectivity index (χ1) is 8.91. The van der Waals surface area contributed by atoms with Gasteiger partial charge in [-0.05, 0) is 32.4 Å². The fraction of sp³-hybridized carbons (Fsp3) is 0.625. The molecule has 1 aromatic carbocycles. The zero-order valence-corrected chi connectivity index (χ0v) is 12.9. The van der Waals surface area contributed by atoms with Gasteiger partial charge in [0.15, 0.2) is 0 Å². The SMILES string of the molecule is CCN(CC(C)(CO)NC(C)C)c1ccccc1C. The summed E-state index contributed by atoms with van der Waals surface area (Å²) in [4.78, 5) is 2.32. The molecule has 0 spiro atoms. The molecule has 0 aromatic heterocycles. The third-order valence-electron chi connectivity index (χ3n) is 3.36. The molecule has 1 rings (SSSR count). The van der Waals surface area contributed by atoms with Crippen LogP contribution < -0.4 is 10.2 Å². The predicted molar refractivity (Wildman–Crippen MR) is 82.8 cm³/mol. The minimum absolute atomic E-state index is 0.133. The molecule has 0 aliphatic rings. The van der Waals surface area contributed by atoms with E-state index in [1.807, 2.05) is 0 Å². The largest absolute Gasteiger partial charge is 0.394 e. The first-order valence-corrected chi connectivity index (χ1v) is 7.11. The van der Waals surface area contributed by atoms with Crippen LogP contribution in [0.2, 0.25) is 0 Å². The highest BCUT2D eigenvalue weighted by molar-refractivity contribution is 5.53. The van der Waals surface area contributed by atoms with Crippen molar-refractivity contribution in [2.45, 2.75) is 46.2 Å².